The largest absolute Gasteiger partial charge is 0.448 e. The highest BCUT2D eigenvalue weighted by molar-refractivity contribution is 8.22. The Morgan fingerprint density at radius 1 is 0.377 bits per heavy atom. The van der Waals surface area contributed by atoms with Gasteiger partial charge in [-0.1, -0.05) is 242 Å². The summed E-state index contributed by atoms with van der Waals surface area (Å²) in [5.41, 5.74) is 8.39. The normalized spacial score (nSPS) is 14.6. The highest BCUT2D eigenvalue weighted by Crippen LogP contribution is 2.49. The summed E-state index contributed by atoms with van der Waals surface area (Å²) in [5, 5.41) is 30.3. The van der Waals surface area contributed by atoms with E-state index in [1.54, 1.807) is 121 Å². The molecule has 9 aromatic rings. The number of nitrogens with one attached hydrogen (secondary N) is 12. The summed E-state index contributed by atoms with van der Waals surface area (Å²) in [6.07, 6.45) is -1.66. The zero-order chi connectivity index (χ0) is 100. The van der Waals surface area contributed by atoms with E-state index in [1.165, 1.54) is 103 Å². The zero-order valence-corrected chi connectivity index (χ0v) is 81.9. The molecule has 34 nitrogen and oxygen atoms in total. The first-order valence-corrected chi connectivity index (χ1v) is 50.8. The van der Waals surface area contributed by atoms with Crippen LogP contribution in [0.25, 0.3) is 22.3 Å². The van der Waals surface area contributed by atoms with Crippen LogP contribution in [0.1, 0.15) is 130 Å². The molecule has 0 unspecified atom stereocenters. The summed E-state index contributed by atoms with van der Waals surface area (Å²) < 4.78 is 12.6. The van der Waals surface area contributed by atoms with E-state index < -0.39 is 228 Å². The molecule has 8 aromatic carbocycles. The smallest absolute Gasteiger partial charge is 0.417 e. The van der Waals surface area contributed by atoms with Crippen LogP contribution in [0.2, 0.25) is 0 Å². The summed E-state index contributed by atoms with van der Waals surface area (Å²) in [4.78, 5) is 243. The van der Waals surface area contributed by atoms with Crippen molar-refractivity contribution in [1.29, 1.82) is 0 Å². The van der Waals surface area contributed by atoms with Crippen molar-refractivity contribution in [2.24, 2.45) is 5.73 Å². The minimum atomic E-state index is -3.56. The second-order valence-electron chi connectivity index (χ2n) is 35.2. The van der Waals surface area contributed by atoms with Crippen LogP contribution in [0, 0.1) is 0 Å². The topological polar surface area (TPSA) is 485 Å². The van der Waals surface area contributed by atoms with Gasteiger partial charge in [-0.25, -0.2) is 24.4 Å². The fourth-order valence-corrected chi connectivity index (χ4v) is 24.2. The van der Waals surface area contributed by atoms with Crippen LogP contribution in [0.5, 0.6) is 0 Å². The van der Waals surface area contributed by atoms with Gasteiger partial charge in [-0.15, -0.1) is 0 Å². The summed E-state index contributed by atoms with van der Waals surface area (Å²) in [5.74, 6) is -14.9. The molecule has 0 saturated carbocycles. The van der Waals surface area contributed by atoms with Crippen molar-refractivity contribution in [3.63, 3.8) is 0 Å². The number of nitrogens with two attached hydrogens (primary N) is 1. The first-order valence-electron chi connectivity index (χ1n) is 44.8. The molecule has 0 spiro atoms. The molecule has 0 bridgehead atoms. The lowest BCUT2D eigenvalue weighted by atomic mass is 9.98. The van der Waals surface area contributed by atoms with Crippen molar-refractivity contribution in [2.45, 2.75) is 186 Å². The standard InChI is InChI=1S/C100H114N16O18P2S2/c1-57(84(101)118)110-95(129)99(10,11)113-89(123)62(6)106-86(120)60(4)108-91(125)82(54-135(137,67-34-18-14-19-35-67)68-36-20-15-21-37-68)115(97(131)133-52-79-75-46-30-26-42-71(75)72-43-27-31-47-76(72)79)93(127)63(7)109-87(121)59(3)107-90(124)81(50-66-51-102-56-103-66)112-92(126)83(55-136(138,69-38-22-16-23-39-69)70-40-24-17-25-41-70)116(98(132)134-53-80-77-48-32-28-44-73(77)74-45-29-33-49-78(74)80)94(128)64(8)111-96(130)100(12,13)114-88(122)61(5)105-85(119)58(2)104-65(9)117/h14-49,51,56-64,79-83H,50,52-55H2,1-13H3,(H2,101,118)(H,102,103)(H,104,117)(H,105,119)(H,106,120)(H,107,124)(H,108,125)(H,109,121)(H,110,129)(H,111,130)(H,112,126)(H,113,123)(H,114,122)/t57-,58-,59-,60-,61-,62-,63-,64-,81-,82-,83+/m0/s1. The fraction of sp³-hybridized carbons (Fsp3) is 0.330. The Bertz CT molecular complexity index is 6000. The van der Waals surface area contributed by atoms with Crippen LogP contribution in [0.15, 0.2) is 231 Å². The predicted molar refractivity (Wildman–Crippen MR) is 528 cm³/mol. The molecule has 1 aromatic heterocycles. The number of H-pyrrole nitrogens is 1. The van der Waals surface area contributed by atoms with Gasteiger partial charge in [0.1, 0.15) is 90.8 Å². The molecular formula is C100H114N16O18P2S2. The van der Waals surface area contributed by atoms with Crippen LogP contribution in [0.3, 0.4) is 0 Å². The summed E-state index contributed by atoms with van der Waals surface area (Å²) >= 11 is 13.6. The average Bonchev–Trinajstić information content (AvgIpc) is 1.46. The number of carbonyl (C=O) groups is 16. The monoisotopic (exact) mass is 1950 g/mol. The van der Waals surface area contributed by atoms with Gasteiger partial charge in [-0.2, -0.15) is 0 Å². The number of amides is 16. The molecule has 2 aliphatic rings. The lowest BCUT2D eigenvalue weighted by molar-refractivity contribution is -0.142. The number of ether oxygens (including phenoxy) is 2. The third kappa shape index (κ3) is 25.0. The van der Waals surface area contributed by atoms with E-state index >= 15 is 38.4 Å². The zero-order valence-electron chi connectivity index (χ0n) is 78.5. The quantitative estimate of drug-likeness (QED) is 0.0216. The highest BCUT2D eigenvalue weighted by Gasteiger charge is 2.48. The Kier molecular flexibility index (Phi) is 34.5. The van der Waals surface area contributed by atoms with Gasteiger partial charge in [0, 0.05) is 55.8 Å². The summed E-state index contributed by atoms with van der Waals surface area (Å²) in [7, 11) is 0. The lowest BCUT2D eigenvalue weighted by Crippen LogP contribution is -2.64. The number of hydrogen-bond donors (Lipinski definition) is 13. The van der Waals surface area contributed by atoms with Gasteiger partial charge in [0.15, 0.2) is 0 Å². The number of aromatic amines is 1. The number of aromatic nitrogens is 2. The van der Waals surface area contributed by atoms with Gasteiger partial charge < -0.3 is 78.7 Å². The Labute approximate surface area is 809 Å². The molecule has 0 saturated heterocycles. The van der Waals surface area contributed by atoms with E-state index in [4.69, 9.17) is 38.8 Å². The lowest BCUT2D eigenvalue weighted by Gasteiger charge is -2.36. The maximum atomic E-state index is 16.5. The molecule has 16 amide bonds. The number of imide groups is 2. The van der Waals surface area contributed by atoms with Gasteiger partial charge in [0.05, 0.1) is 12.0 Å². The molecule has 0 radical (unpaired) electrons. The molecule has 1 heterocycles. The predicted octanol–water partition coefficient (Wildman–Crippen LogP) is 5.32. The summed E-state index contributed by atoms with van der Waals surface area (Å²) in [6, 6.07) is 39.6. The maximum absolute atomic E-state index is 16.5. The SMILES string of the molecule is CC(=O)N[C@@H](C)C(=O)N[C@@H](C)C(=O)NC(C)(C)C(=O)N[C@@H](C)C(=O)N(C(=O)OCC1c2ccccc2-c2ccccc21)[C@H](CP(=S)(c1ccccc1)c1ccccc1)C(=O)N[C@@H](Cc1c[nH]cn1)C(=O)N[C@@H](C)C(=O)N[C@@H](C)C(=O)N(C(=O)OCC1c2ccccc2-c2ccccc21)[C@@H](CP(=S)(c1ccccc1)c1ccccc1)C(=O)N[C@@H](C)C(=O)N[C@@H](C)C(=O)NC(C)(C)C(=O)N[C@@H](C)C(N)=O. The molecule has 38 heteroatoms. The summed E-state index contributed by atoms with van der Waals surface area (Å²) in [6.45, 7) is 16.0. The first-order chi connectivity index (χ1) is 65.4. The molecule has 0 aliphatic heterocycles. The van der Waals surface area contributed by atoms with Gasteiger partial charge in [0.25, 0.3) is 11.8 Å². The Hall–Kier alpha value is -14.2. The maximum Gasteiger partial charge on any atom is 0.417 e. The van der Waals surface area contributed by atoms with Gasteiger partial charge >= 0.3 is 12.2 Å². The molecular weight excluding hydrogens is 1840 g/mol. The molecule has 11 rings (SSSR count). The van der Waals surface area contributed by atoms with Crippen molar-refractivity contribution in [3.8, 4) is 22.3 Å². The highest BCUT2D eigenvalue weighted by atomic mass is 32.4. The Balaban J connectivity index is 0.937. The molecule has 11 atom stereocenters. The van der Waals surface area contributed by atoms with E-state index in [1.807, 2.05) is 97.1 Å². The van der Waals surface area contributed by atoms with Crippen LogP contribution in [0.4, 0.5) is 9.59 Å². The van der Waals surface area contributed by atoms with Crippen molar-refractivity contribution in [2.75, 3.05) is 25.5 Å². The third-order valence-corrected chi connectivity index (χ3v) is 33.6. The minimum absolute atomic E-state index is 0.153. The van der Waals surface area contributed by atoms with Crippen LogP contribution < -0.4 is 85.4 Å². The number of carbonyl (C=O) groups excluding carboxylic acids is 16. The Morgan fingerprint density at radius 3 is 1.00 bits per heavy atom. The first kappa shape index (κ1) is 104. The number of rotatable bonds is 40. The number of primary amides is 1. The molecule has 138 heavy (non-hydrogen) atoms. The van der Waals surface area contributed by atoms with E-state index in [-0.39, 0.29) is 5.69 Å². The Morgan fingerprint density at radius 2 is 0.667 bits per heavy atom. The van der Waals surface area contributed by atoms with Crippen LogP contribution in [-0.2, 0) is 107 Å². The van der Waals surface area contributed by atoms with Crippen molar-refractivity contribution in [1.82, 2.24) is 78.3 Å². The number of imidazole rings is 1. The second-order valence-corrected chi connectivity index (χ2v) is 44.7. The van der Waals surface area contributed by atoms with E-state index in [9.17, 15) is 38.4 Å². The van der Waals surface area contributed by atoms with Crippen molar-refractivity contribution in [3.05, 3.63) is 259 Å². The average molecular weight is 1950 g/mol. The van der Waals surface area contributed by atoms with Crippen LogP contribution >= 0.6 is 12.1 Å². The number of nitrogens with zero attached hydrogens (tertiary/aromatic N) is 3. The molecule has 2 aliphatic carbocycles. The third-order valence-electron chi connectivity index (χ3n) is 24.0. The number of fused-ring (bicyclic) bond motifs is 6. The minimum Gasteiger partial charge on any atom is -0.448 e. The van der Waals surface area contributed by atoms with Gasteiger partial charge in [-0.3, -0.25) is 67.1 Å². The second kappa shape index (κ2) is 45.6. The molecule has 14 N–H and O–H groups in total. The fourth-order valence-electron chi connectivity index (χ4n) is 16.2. The van der Waals surface area contributed by atoms with Crippen LogP contribution in [-0.4, -0.2) is 218 Å². The molecule has 724 valence electrons. The van der Waals surface area contributed by atoms with Crippen molar-refractivity contribution < 1.29 is 86.2 Å². The van der Waals surface area contributed by atoms with E-state index in [0.29, 0.717) is 31.0 Å². The molecule has 0 fully saturated rings. The van der Waals surface area contributed by atoms with Crippen molar-refractivity contribution >= 4 is 152 Å². The number of benzene rings is 8. The van der Waals surface area contributed by atoms with Gasteiger partial charge in [0.2, 0.25) is 70.9 Å². The van der Waals surface area contributed by atoms with E-state index in [0.717, 1.165) is 44.5 Å². The number of hydrogen-bond acceptors (Lipinski definition) is 21. The van der Waals surface area contributed by atoms with E-state index in [2.05, 4.69) is 68.5 Å². The van der Waals surface area contributed by atoms with Gasteiger partial charge in [-0.05, 0) is 149 Å².